The molecule has 0 atom stereocenters. The lowest BCUT2D eigenvalue weighted by molar-refractivity contribution is 0.1000. The summed E-state index contributed by atoms with van der Waals surface area (Å²) in [6.45, 7) is 0. The zero-order valence-corrected chi connectivity index (χ0v) is 10.9. The highest BCUT2D eigenvalue weighted by atomic mass is 16.5. The number of aromatic amines is 1. The SMILES string of the molecule is NC(=O)c1cccc(Oc2n[nH]c(=O)c3ccccc23)c1. The molecule has 0 fully saturated rings. The van der Waals surface area contributed by atoms with Crippen LogP contribution >= 0.6 is 0 Å². The number of hydrogen-bond donors (Lipinski definition) is 2. The van der Waals surface area contributed by atoms with E-state index >= 15 is 0 Å². The van der Waals surface area contributed by atoms with Crippen molar-refractivity contribution in [3.63, 3.8) is 0 Å². The molecule has 2 aromatic carbocycles. The summed E-state index contributed by atoms with van der Waals surface area (Å²) in [5.41, 5.74) is 5.28. The van der Waals surface area contributed by atoms with Crippen molar-refractivity contribution in [2.45, 2.75) is 0 Å². The molecule has 1 amide bonds. The Balaban J connectivity index is 2.06. The van der Waals surface area contributed by atoms with Crippen LogP contribution in [0.25, 0.3) is 10.8 Å². The van der Waals surface area contributed by atoms with Gasteiger partial charge in [0.1, 0.15) is 5.75 Å². The fourth-order valence-corrected chi connectivity index (χ4v) is 1.99. The average molecular weight is 281 g/mol. The minimum atomic E-state index is -0.542. The molecule has 0 spiro atoms. The second-order valence-electron chi connectivity index (χ2n) is 4.40. The molecule has 6 nitrogen and oxygen atoms in total. The van der Waals surface area contributed by atoms with Crippen molar-refractivity contribution < 1.29 is 9.53 Å². The molecule has 0 radical (unpaired) electrons. The lowest BCUT2D eigenvalue weighted by Gasteiger charge is -2.07. The number of H-pyrrole nitrogens is 1. The first-order valence-corrected chi connectivity index (χ1v) is 6.20. The Morgan fingerprint density at radius 2 is 1.86 bits per heavy atom. The van der Waals surface area contributed by atoms with Gasteiger partial charge in [0.15, 0.2) is 0 Å². The van der Waals surface area contributed by atoms with Crippen LogP contribution in [0.15, 0.2) is 53.3 Å². The number of rotatable bonds is 3. The maximum absolute atomic E-state index is 11.7. The summed E-state index contributed by atoms with van der Waals surface area (Å²) in [7, 11) is 0. The Morgan fingerprint density at radius 3 is 2.62 bits per heavy atom. The van der Waals surface area contributed by atoms with Crippen molar-refractivity contribution in [2.24, 2.45) is 5.73 Å². The number of amides is 1. The highest BCUT2D eigenvalue weighted by Gasteiger charge is 2.09. The number of benzene rings is 2. The van der Waals surface area contributed by atoms with Gasteiger partial charge in [0.25, 0.3) is 5.56 Å². The van der Waals surface area contributed by atoms with Crippen LogP contribution in [-0.2, 0) is 0 Å². The smallest absolute Gasteiger partial charge is 0.272 e. The fourth-order valence-electron chi connectivity index (χ4n) is 1.99. The molecular formula is C15H11N3O3. The van der Waals surface area contributed by atoms with Gasteiger partial charge in [0, 0.05) is 5.56 Å². The number of ether oxygens (including phenoxy) is 1. The lowest BCUT2D eigenvalue weighted by Crippen LogP contribution is -2.11. The van der Waals surface area contributed by atoms with E-state index in [1.165, 1.54) is 6.07 Å². The maximum atomic E-state index is 11.7. The van der Waals surface area contributed by atoms with Crippen LogP contribution in [-0.4, -0.2) is 16.1 Å². The highest BCUT2D eigenvalue weighted by molar-refractivity contribution is 5.93. The molecule has 0 aliphatic carbocycles. The van der Waals surface area contributed by atoms with Crippen molar-refractivity contribution in [1.82, 2.24) is 10.2 Å². The number of carbonyl (C=O) groups is 1. The summed E-state index contributed by atoms with van der Waals surface area (Å²) < 4.78 is 5.65. The average Bonchev–Trinajstić information content (AvgIpc) is 2.51. The van der Waals surface area contributed by atoms with E-state index < -0.39 is 5.91 Å². The second kappa shape index (κ2) is 5.09. The van der Waals surface area contributed by atoms with E-state index in [2.05, 4.69) is 10.2 Å². The molecule has 0 saturated heterocycles. The first-order valence-electron chi connectivity index (χ1n) is 6.20. The van der Waals surface area contributed by atoms with Crippen LogP contribution in [0.5, 0.6) is 11.6 Å². The van der Waals surface area contributed by atoms with E-state index in [0.29, 0.717) is 22.1 Å². The molecule has 0 bridgehead atoms. The molecule has 0 unspecified atom stereocenters. The van der Waals surface area contributed by atoms with E-state index in [4.69, 9.17) is 10.5 Å². The van der Waals surface area contributed by atoms with Crippen LogP contribution < -0.4 is 16.0 Å². The zero-order chi connectivity index (χ0) is 14.8. The Labute approximate surface area is 119 Å². The standard InChI is InChI=1S/C15H11N3O3/c16-13(19)9-4-3-5-10(8-9)21-15-12-7-2-1-6-11(12)14(20)17-18-15/h1-8H,(H2,16,19)(H,17,20). The molecular weight excluding hydrogens is 270 g/mol. The van der Waals surface area contributed by atoms with Gasteiger partial charge in [-0.2, -0.15) is 0 Å². The van der Waals surface area contributed by atoms with Gasteiger partial charge in [-0.1, -0.05) is 18.2 Å². The molecule has 0 aliphatic rings. The van der Waals surface area contributed by atoms with Gasteiger partial charge >= 0.3 is 0 Å². The van der Waals surface area contributed by atoms with E-state index in [1.807, 2.05) is 0 Å². The Morgan fingerprint density at radius 1 is 1.10 bits per heavy atom. The number of fused-ring (bicyclic) bond motifs is 1. The van der Waals surface area contributed by atoms with E-state index in [-0.39, 0.29) is 11.4 Å². The molecule has 3 rings (SSSR count). The van der Waals surface area contributed by atoms with Crippen molar-refractivity contribution >= 4 is 16.7 Å². The van der Waals surface area contributed by atoms with Gasteiger partial charge in [-0.15, -0.1) is 5.10 Å². The lowest BCUT2D eigenvalue weighted by atomic mass is 10.2. The van der Waals surface area contributed by atoms with Gasteiger partial charge in [-0.25, -0.2) is 5.10 Å². The third-order valence-electron chi connectivity index (χ3n) is 2.99. The number of carbonyl (C=O) groups excluding carboxylic acids is 1. The van der Waals surface area contributed by atoms with Gasteiger partial charge in [-0.05, 0) is 30.3 Å². The number of nitrogens with one attached hydrogen (secondary N) is 1. The molecule has 3 N–H and O–H groups in total. The highest BCUT2D eigenvalue weighted by Crippen LogP contribution is 2.25. The van der Waals surface area contributed by atoms with Crippen LogP contribution in [0.1, 0.15) is 10.4 Å². The molecule has 1 aromatic heterocycles. The summed E-state index contributed by atoms with van der Waals surface area (Å²) in [6, 6.07) is 13.4. The normalized spacial score (nSPS) is 10.5. The number of nitrogens with two attached hydrogens (primary N) is 1. The van der Waals surface area contributed by atoms with Crippen LogP contribution in [0, 0.1) is 0 Å². The predicted molar refractivity (Wildman–Crippen MR) is 77.4 cm³/mol. The van der Waals surface area contributed by atoms with E-state index in [9.17, 15) is 9.59 Å². The van der Waals surface area contributed by atoms with Crippen molar-refractivity contribution in [3.05, 3.63) is 64.4 Å². The van der Waals surface area contributed by atoms with Crippen molar-refractivity contribution in [2.75, 3.05) is 0 Å². The van der Waals surface area contributed by atoms with Gasteiger partial charge in [0.2, 0.25) is 11.8 Å². The first-order chi connectivity index (χ1) is 10.1. The molecule has 0 aliphatic heterocycles. The summed E-state index contributed by atoms with van der Waals surface area (Å²) in [6.07, 6.45) is 0. The summed E-state index contributed by atoms with van der Waals surface area (Å²) in [5, 5.41) is 7.35. The number of nitrogens with zero attached hydrogens (tertiary/aromatic N) is 1. The Hall–Kier alpha value is -3.15. The molecule has 0 saturated carbocycles. The minimum absolute atomic E-state index is 0.256. The van der Waals surface area contributed by atoms with Crippen LogP contribution in [0.3, 0.4) is 0 Å². The number of hydrogen-bond acceptors (Lipinski definition) is 4. The van der Waals surface area contributed by atoms with Gasteiger partial charge < -0.3 is 10.5 Å². The van der Waals surface area contributed by atoms with Crippen molar-refractivity contribution in [3.8, 4) is 11.6 Å². The van der Waals surface area contributed by atoms with Gasteiger partial charge in [0.05, 0.1) is 10.8 Å². The fraction of sp³-hybridized carbons (Fsp3) is 0. The van der Waals surface area contributed by atoms with E-state index in [1.54, 1.807) is 42.5 Å². The second-order valence-corrected chi connectivity index (χ2v) is 4.40. The van der Waals surface area contributed by atoms with Crippen LogP contribution in [0.4, 0.5) is 0 Å². The monoisotopic (exact) mass is 281 g/mol. The molecule has 6 heteroatoms. The zero-order valence-electron chi connectivity index (χ0n) is 10.9. The minimum Gasteiger partial charge on any atom is -0.437 e. The molecule has 3 aromatic rings. The summed E-state index contributed by atoms with van der Waals surface area (Å²) >= 11 is 0. The van der Waals surface area contributed by atoms with Gasteiger partial charge in [-0.3, -0.25) is 9.59 Å². The quantitative estimate of drug-likeness (QED) is 0.765. The summed E-state index contributed by atoms with van der Waals surface area (Å²) in [4.78, 5) is 22.9. The molecule has 104 valence electrons. The van der Waals surface area contributed by atoms with Crippen LogP contribution in [0.2, 0.25) is 0 Å². The third-order valence-corrected chi connectivity index (χ3v) is 2.99. The number of primary amides is 1. The number of aromatic nitrogens is 2. The first kappa shape index (κ1) is 12.9. The maximum Gasteiger partial charge on any atom is 0.272 e. The largest absolute Gasteiger partial charge is 0.437 e. The molecule has 21 heavy (non-hydrogen) atoms. The topological polar surface area (TPSA) is 98.1 Å². The third kappa shape index (κ3) is 2.46. The Bertz CT molecular complexity index is 886. The predicted octanol–water partition coefficient (Wildman–Crippen LogP) is 1.81. The Kier molecular flexibility index (Phi) is 3.12. The molecule has 1 heterocycles. The van der Waals surface area contributed by atoms with Crippen molar-refractivity contribution in [1.29, 1.82) is 0 Å². The summed E-state index contributed by atoms with van der Waals surface area (Å²) in [5.74, 6) is 0.127. The van der Waals surface area contributed by atoms with E-state index in [0.717, 1.165) is 0 Å².